The molecule has 2 N–H and O–H groups in total. The lowest BCUT2D eigenvalue weighted by molar-refractivity contribution is -0.142. The van der Waals surface area contributed by atoms with Crippen molar-refractivity contribution in [3.63, 3.8) is 0 Å². The van der Waals surface area contributed by atoms with Crippen molar-refractivity contribution in [3.05, 3.63) is 71.4 Å². The maximum absolute atomic E-state index is 13.8. The Labute approximate surface area is 191 Å². The summed E-state index contributed by atoms with van der Waals surface area (Å²) >= 11 is 0. The van der Waals surface area contributed by atoms with Crippen LogP contribution in [0, 0.1) is 5.92 Å². The van der Waals surface area contributed by atoms with E-state index in [0.29, 0.717) is 38.3 Å². The fourth-order valence-corrected chi connectivity index (χ4v) is 4.64. The third-order valence-corrected chi connectivity index (χ3v) is 6.42. The van der Waals surface area contributed by atoms with Crippen LogP contribution < -0.4 is 10.2 Å². The lowest BCUT2D eigenvalue weighted by atomic mass is 9.95. The summed E-state index contributed by atoms with van der Waals surface area (Å²) in [5, 5.41) is 9.99. The molecule has 1 fully saturated rings. The van der Waals surface area contributed by atoms with E-state index in [2.05, 4.69) is 4.98 Å². The number of hydrogen-bond donors (Lipinski definition) is 2. The van der Waals surface area contributed by atoms with Crippen LogP contribution in [0.1, 0.15) is 40.4 Å². The molecule has 2 aromatic carbocycles. The van der Waals surface area contributed by atoms with E-state index in [1.54, 1.807) is 29.9 Å². The van der Waals surface area contributed by atoms with Gasteiger partial charge in [0.25, 0.3) is 5.91 Å². The first-order chi connectivity index (χ1) is 16.2. The topological polar surface area (TPSA) is 101 Å². The van der Waals surface area contributed by atoms with Crippen molar-refractivity contribution in [2.24, 2.45) is 5.92 Å². The Bertz CT molecular complexity index is 1190. The molecule has 0 saturated carbocycles. The summed E-state index contributed by atoms with van der Waals surface area (Å²) in [5.41, 5.74) is 4.50. The summed E-state index contributed by atoms with van der Waals surface area (Å²) in [4.78, 5) is 32.1. The maximum atomic E-state index is 13.8. The predicted molar refractivity (Wildman–Crippen MR) is 120 cm³/mol. The molecule has 2 aliphatic rings. The number of fused-ring (bicyclic) bond motifs is 2. The number of rotatable bonds is 3. The number of aromatic nitrogens is 1. The highest BCUT2D eigenvalue weighted by atomic mass is 16.5. The normalized spacial score (nSPS) is 18.8. The van der Waals surface area contributed by atoms with Crippen LogP contribution in [0.25, 0.3) is 10.9 Å². The molecule has 33 heavy (non-hydrogen) atoms. The van der Waals surface area contributed by atoms with Crippen LogP contribution in [0.2, 0.25) is 0 Å². The minimum atomic E-state index is -0.615. The highest BCUT2D eigenvalue weighted by Gasteiger charge is 2.35. The maximum Gasteiger partial charge on any atom is 0.274 e. The van der Waals surface area contributed by atoms with Crippen LogP contribution in [-0.4, -0.2) is 46.7 Å². The summed E-state index contributed by atoms with van der Waals surface area (Å²) in [6, 6.07) is 14.5. The van der Waals surface area contributed by atoms with Crippen LogP contribution in [-0.2, 0) is 16.1 Å². The Kier molecular flexibility index (Phi) is 5.93. The van der Waals surface area contributed by atoms with E-state index < -0.39 is 5.91 Å². The molecule has 1 atom stereocenters. The van der Waals surface area contributed by atoms with E-state index in [1.807, 2.05) is 35.2 Å². The van der Waals surface area contributed by atoms with Gasteiger partial charge in [-0.15, -0.1) is 0 Å². The second kappa shape index (κ2) is 9.17. The van der Waals surface area contributed by atoms with Gasteiger partial charge in [0.2, 0.25) is 5.91 Å². The number of amides is 2. The molecule has 8 heteroatoms. The number of ether oxygens (including phenoxy) is 2. The quantitative estimate of drug-likeness (QED) is 0.472. The fraction of sp³-hybridized carbons (Fsp3) is 0.320. The summed E-state index contributed by atoms with van der Waals surface area (Å²) in [5.74, 6) is -0.123. The molecular formula is C25H25N3O5. The molecule has 3 heterocycles. The molecule has 0 unspecified atom stereocenters. The predicted octanol–water partition coefficient (Wildman–Crippen LogP) is 3.24. The molecule has 2 aliphatic heterocycles. The lowest BCUT2D eigenvalue weighted by Crippen LogP contribution is -2.41. The largest absolute Gasteiger partial charge is 0.491 e. The molecule has 0 bridgehead atoms. The number of pyridine rings is 1. The highest BCUT2D eigenvalue weighted by Crippen LogP contribution is 2.36. The van der Waals surface area contributed by atoms with Crippen molar-refractivity contribution < 1.29 is 24.3 Å². The molecule has 0 spiro atoms. The van der Waals surface area contributed by atoms with E-state index in [0.717, 1.165) is 22.0 Å². The van der Waals surface area contributed by atoms with Gasteiger partial charge in [-0.2, -0.15) is 0 Å². The second-order valence-corrected chi connectivity index (χ2v) is 8.37. The van der Waals surface area contributed by atoms with Gasteiger partial charge in [0.1, 0.15) is 12.4 Å². The standard InChI is InChI=1S/C25H25N3O5/c29-24(27-31)18-6-7-19-14-28(25(30)17-8-11-32-12-9-17)21(15-33-22(19)13-18)20-5-1-3-16-4-2-10-26-23(16)20/h1-7,10,13,17,21,31H,8-9,11-12,14-15H2,(H,27,29)/t21-/m0/s1. The van der Waals surface area contributed by atoms with Crippen LogP contribution in [0.15, 0.2) is 54.7 Å². The smallest absolute Gasteiger partial charge is 0.274 e. The number of nitrogens with zero attached hydrogens (tertiary/aromatic N) is 2. The number of carbonyl (C=O) groups is 2. The molecule has 3 aromatic rings. The van der Waals surface area contributed by atoms with Gasteiger partial charge in [0.05, 0.1) is 18.1 Å². The molecule has 170 valence electrons. The molecule has 1 aromatic heterocycles. The van der Waals surface area contributed by atoms with Crippen molar-refractivity contribution in [3.8, 4) is 5.75 Å². The molecule has 0 aliphatic carbocycles. The average molecular weight is 447 g/mol. The zero-order valence-corrected chi connectivity index (χ0v) is 18.1. The van der Waals surface area contributed by atoms with Gasteiger partial charge in [0, 0.05) is 47.4 Å². The van der Waals surface area contributed by atoms with Crippen LogP contribution in [0.3, 0.4) is 0 Å². The Morgan fingerprint density at radius 1 is 1.09 bits per heavy atom. The van der Waals surface area contributed by atoms with E-state index in [4.69, 9.17) is 14.7 Å². The van der Waals surface area contributed by atoms with E-state index in [9.17, 15) is 9.59 Å². The summed E-state index contributed by atoms with van der Waals surface area (Å²) in [7, 11) is 0. The SMILES string of the molecule is O=C(NO)c1ccc2c(c1)OC[C@@H](c1cccc3cccnc13)N(C(=O)C1CCOCC1)C2. The van der Waals surface area contributed by atoms with Crippen molar-refractivity contribution in [1.29, 1.82) is 0 Å². The summed E-state index contributed by atoms with van der Waals surface area (Å²) in [6.07, 6.45) is 3.14. The summed E-state index contributed by atoms with van der Waals surface area (Å²) < 4.78 is 11.6. The number of para-hydroxylation sites is 1. The van der Waals surface area contributed by atoms with E-state index in [-0.39, 0.29) is 30.0 Å². The first-order valence-electron chi connectivity index (χ1n) is 11.1. The minimum absolute atomic E-state index is 0.0739. The van der Waals surface area contributed by atoms with Gasteiger partial charge >= 0.3 is 0 Å². The Morgan fingerprint density at radius 2 is 1.91 bits per heavy atom. The first kappa shape index (κ1) is 21.4. The molecular weight excluding hydrogens is 422 g/mol. The third kappa shape index (κ3) is 4.15. The third-order valence-electron chi connectivity index (χ3n) is 6.42. The Balaban J connectivity index is 1.57. The fourth-order valence-electron chi connectivity index (χ4n) is 4.64. The van der Waals surface area contributed by atoms with Crippen molar-refractivity contribution >= 4 is 22.7 Å². The van der Waals surface area contributed by atoms with E-state index in [1.165, 1.54) is 0 Å². The Hall–Kier alpha value is -3.49. The van der Waals surface area contributed by atoms with Gasteiger partial charge in [-0.25, -0.2) is 5.48 Å². The van der Waals surface area contributed by atoms with Gasteiger partial charge < -0.3 is 14.4 Å². The zero-order valence-electron chi connectivity index (χ0n) is 18.1. The van der Waals surface area contributed by atoms with E-state index >= 15 is 0 Å². The van der Waals surface area contributed by atoms with Gasteiger partial charge in [-0.05, 0) is 31.0 Å². The van der Waals surface area contributed by atoms with Crippen LogP contribution in [0.5, 0.6) is 5.75 Å². The number of carbonyl (C=O) groups excluding carboxylic acids is 2. The van der Waals surface area contributed by atoms with Gasteiger partial charge in [0.15, 0.2) is 0 Å². The lowest BCUT2D eigenvalue weighted by Gasteiger charge is -2.34. The molecule has 1 saturated heterocycles. The number of hydrogen-bond acceptors (Lipinski definition) is 6. The zero-order chi connectivity index (χ0) is 22.8. The van der Waals surface area contributed by atoms with Crippen LogP contribution in [0.4, 0.5) is 0 Å². The van der Waals surface area contributed by atoms with Gasteiger partial charge in [-0.3, -0.25) is 19.8 Å². The monoisotopic (exact) mass is 447 g/mol. The number of hydroxylamine groups is 1. The van der Waals surface area contributed by atoms with Crippen molar-refractivity contribution in [2.75, 3.05) is 19.8 Å². The highest BCUT2D eigenvalue weighted by molar-refractivity contribution is 5.94. The average Bonchev–Trinajstić information content (AvgIpc) is 3.07. The summed E-state index contributed by atoms with van der Waals surface area (Å²) in [6.45, 7) is 1.73. The molecule has 8 nitrogen and oxygen atoms in total. The molecule has 0 radical (unpaired) electrons. The van der Waals surface area contributed by atoms with Crippen molar-refractivity contribution in [1.82, 2.24) is 15.4 Å². The number of nitrogens with one attached hydrogen (secondary N) is 1. The number of benzene rings is 2. The second-order valence-electron chi connectivity index (χ2n) is 8.37. The molecule has 2 amide bonds. The molecule has 5 rings (SSSR count). The van der Waals surface area contributed by atoms with Crippen LogP contribution >= 0.6 is 0 Å². The van der Waals surface area contributed by atoms with Crippen molar-refractivity contribution in [2.45, 2.75) is 25.4 Å². The Morgan fingerprint density at radius 3 is 2.73 bits per heavy atom. The minimum Gasteiger partial charge on any atom is -0.491 e. The first-order valence-corrected chi connectivity index (χ1v) is 11.1. The van der Waals surface area contributed by atoms with Gasteiger partial charge in [-0.1, -0.05) is 30.3 Å².